The summed E-state index contributed by atoms with van der Waals surface area (Å²) in [6, 6.07) is -0.268. The summed E-state index contributed by atoms with van der Waals surface area (Å²) in [5.41, 5.74) is 0. The Labute approximate surface area is 161 Å². The zero-order valence-electron chi connectivity index (χ0n) is 16.7. The maximum atomic E-state index is 12.1. The van der Waals surface area contributed by atoms with Gasteiger partial charge in [0.15, 0.2) is 0 Å². The van der Waals surface area contributed by atoms with Crippen LogP contribution < -0.4 is 10.6 Å². The molecule has 0 heterocycles. The molecule has 10 heteroatoms. The van der Waals surface area contributed by atoms with E-state index < -0.39 is 37.1 Å². The van der Waals surface area contributed by atoms with Crippen molar-refractivity contribution in [3.05, 3.63) is 0 Å². The van der Waals surface area contributed by atoms with E-state index in [4.69, 9.17) is 9.94 Å². The molecular formula is C17H37N3O7. The van der Waals surface area contributed by atoms with E-state index in [9.17, 15) is 25.2 Å². The van der Waals surface area contributed by atoms with E-state index in [0.29, 0.717) is 13.0 Å². The van der Waals surface area contributed by atoms with Crippen LogP contribution in [0.2, 0.25) is 0 Å². The molecule has 0 aliphatic rings. The summed E-state index contributed by atoms with van der Waals surface area (Å²) >= 11 is 0. The maximum Gasteiger partial charge on any atom is 0.341 e. The fraction of sp³-hybridized carbons (Fsp3) is 0.941. The van der Waals surface area contributed by atoms with Gasteiger partial charge in [-0.05, 0) is 19.4 Å². The average molecular weight is 395 g/mol. The second-order valence-corrected chi connectivity index (χ2v) is 7.09. The van der Waals surface area contributed by atoms with Gasteiger partial charge in [-0.2, -0.15) is 0 Å². The Hall–Kier alpha value is -0.850. The van der Waals surface area contributed by atoms with Crippen molar-refractivity contribution in [3.63, 3.8) is 0 Å². The van der Waals surface area contributed by atoms with Crippen molar-refractivity contribution in [1.29, 1.82) is 0 Å². The molecule has 0 aliphatic heterocycles. The van der Waals surface area contributed by atoms with E-state index in [1.54, 1.807) is 14.1 Å². The van der Waals surface area contributed by atoms with Crippen LogP contribution in [0.1, 0.15) is 33.1 Å². The molecule has 0 saturated carbocycles. The van der Waals surface area contributed by atoms with Gasteiger partial charge in [-0.15, -0.1) is 5.06 Å². The lowest BCUT2D eigenvalue weighted by molar-refractivity contribution is -0.181. The van der Waals surface area contributed by atoms with E-state index in [0.717, 1.165) is 12.8 Å². The predicted molar refractivity (Wildman–Crippen MR) is 99.7 cm³/mol. The van der Waals surface area contributed by atoms with Gasteiger partial charge in [-0.3, -0.25) is 0 Å². The van der Waals surface area contributed by atoms with E-state index in [-0.39, 0.29) is 18.6 Å². The number of hydrogen-bond acceptors (Lipinski definition) is 10. The molecule has 27 heavy (non-hydrogen) atoms. The van der Waals surface area contributed by atoms with Gasteiger partial charge >= 0.3 is 5.97 Å². The number of hydrogen-bond donors (Lipinski definition) is 7. The summed E-state index contributed by atoms with van der Waals surface area (Å²) in [6.07, 6.45) is -3.93. The molecular weight excluding hydrogens is 358 g/mol. The van der Waals surface area contributed by atoms with Crippen molar-refractivity contribution in [1.82, 2.24) is 15.7 Å². The summed E-state index contributed by atoms with van der Waals surface area (Å²) < 4.78 is 0. The topological polar surface area (TPSA) is 155 Å². The Bertz CT molecular complexity index is 399. The van der Waals surface area contributed by atoms with Gasteiger partial charge in [0.05, 0.1) is 12.7 Å². The number of unbranched alkanes of at least 4 members (excludes halogenated alkanes) is 1. The van der Waals surface area contributed by atoms with Crippen LogP contribution in [-0.2, 0) is 9.63 Å². The first-order valence-electron chi connectivity index (χ1n) is 9.29. The molecule has 0 bridgehead atoms. The number of nitrogens with one attached hydrogen (secondary N) is 2. The third kappa shape index (κ3) is 11.6. The number of nitrogens with zero attached hydrogens (tertiary/aromatic N) is 1. The van der Waals surface area contributed by atoms with E-state index in [2.05, 4.69) is 10.6 Å². The van der Waals surface area contributed by atoms with Crippen molar-refractivity contribution in [2.75, 3.05) is 33.8 Å². The third-order valence-corrected chi connectivity index (χ3v) is 3.87. The molecule has 0 aliphatic carbocycles. The number of rotatable bonds is 15. The summed E-state index contributed by atoms with van der Waals surface area (Å²) in [5.74, 6) is -0.336. The van der Waals surface area contributed by atoms with E-state index in [1.807, 2.05) is 13.8 Å². The van der Waals surface area contributed by atoms with Gasteiger partial charge in [-0.1, -0.05) is 20.3 Å². The first-order chi connectivity index (χ1) is 12.6. The highest BCUT2D eigenvalue weighted by Crippen LogP contribution is 2.06. The van der Waals surface area contributed by atoms with Crippen molar-refractivity contribution in [2.24, 2.45) is 0 Å². The average Bonchev–Trinajstić information content (AvgIpc) is 2.60. The Morgan fingerprint density at radius 1 is 1.04 bits per heavy atom. The van der Waals surface area contributed by atoms with Crippen molar-refractivity contribution < 1.29 is 35.2 Å². The molecule has 5 atom stereocenters. The lowest BCUT2D eigenvalue weighted by atomic mass is 10.0. The molecule has 0 amide bonds. The van der Waals surface area contributed by atoms with Crippen molar-refractivity contribution in [3.8, 4) is 0 Å². The number of aliphatic hydroxyl groups excluding tert-OH is 5. The molecule has 0 aromatic heterocycles. The highest BCUT2D eigenvalue weighted by atomic mass is 16.7. The van der Waals surface area contributed by atoms with Gasteiger partial charge in [-0.25, -0.2) is 4.79 Å². The Balaban J connectivity index is 4.12. The van der Waals surface area contributed by atoms with Crippen LogP contribution in [0, 0.1) is 0 Å². The van der Waals surface area contributed by atoms with Crippen LogP contribution in [-0.4, -0.2) is 107 Å². The summed E-state index contributed by atoms with van der Waals surface area (Å²) in [5, 5.41) is 54.5. The van der Waals surface area contributed by atoms with Gasteiger partial charge in [0.1, 0.15) is 24.4 Å². The summed E-state index contributed by atoms with van der Waals surface area (Å²) in [7, 11) is 3.29. The summed E-state index contributed by atoms with van der Waals surface area (Å²) in [6.45, 7) is 3.76. The highest BCUT2D eigenvalue weighted by molar-refractivity contribution is 5.75. The molecule has 0 spiro atoms. The van der Waals surface area contributed by atoms with Gasteiger partial charge < -0.3 is 41.0 Å². The van der Waals surface area contributed by atoms with Crippen LogP contribution in [0.15, 0.2) is 0 Å². The molecule has 0 aromatic carbocycles. The first-order valence-corrected chi connectivity index (χ1v) is 9.29. The van der Waals surface area contributed by atoms with Crippen molar-refractivity contribution >= 4 is 5.97 Å². The number of carbonyl (C=O) groups excluding carboxylic acids is 1. The molecule has 10 nitrogen and oxygen atoms in total. The number of carbonyl (C=O) groups is 1. The van der Waals surface area contributed by atoms with Gasteiger partial charge in [0.2, 0.25) is 0 Å². The normalized spacial score (nSPS) is 17.6. The molecule has 7 N–H and O–H groups in total. The van der Waals surface area contributed by atoms with Gasteiger partial charge in [0.25, 0.3) is 0 Å². The van der Waals surface area contributed by atoms with E-state index >= 15 is 0 Å². The highest BCUT2D eigenvalue weighted by Gasteiger charge is 2.29. The Kier molecular flexibility index (Phi) is 13.7. The molecule has 0 aromatic rings. The monoisotopic (exact) mass is 395 g/mol. The Morgan fingerprint density at radius 3 is 2.15 bits per heavy atom. The van der Waals surface area contributed by atoms with Gasteiger partial charge in [0, 0.05) is 26.7 Å². The molecule has 162 valence electrons. The molecule has 0 radical (unpaired) electrons. The molecule has 0 fully saturated rings. The molecule has 0 rings (SSSR count). The van der Waals surface area contributed by atoms with Crippen LogP contribution in [0.25, 0.3) is 0 Å². The zero-order valence-corrected chi connectivity index (χ0v) is 16.7. The Morgan fingerprint density at radius 2 is 1.63 bits per heavy atom. The molecule has 0 saturated heterocycles. The zero-order chi connectivity index (χ0) is 21.0. The fourth-order valence-corrected chi connectivity index (χ4v) is 2.45. The van der Waals surface area contributed by atoms with Crippen LogP contribution in [0.4, 0.5) is 0 Å². The summed E-state index contributed by atoms with van der Waals surface area (Å²) in [4.78, 5) is 17.1. The quantitative estimate of drug-likeness (QED) is 0.118. The van der Waals surface area contributed by atoms with Crippen LogP contribution in [0.3, 0.4) is 0 Å². The van der Waals surface area contributed by atoms with Crippen LogP contribution in [0.5, 0.6) is 0 Å². The largest absolute Gasteiger partial charge is 0.394 e. The predicted octanol–water partition coefficient (Wildman–Crippen LogP) is -2.43. The smallest absolute Gasteiger partial charge is 0.341 e. The lowest BCUT2D eigenvalue weighted by Crippen LogP contribution is -2.49. The third-order valence-electron chi connectivity index (χ3n) is 3.87. The first kappa shape index (κ1) is 26.1. The minimum Gasteiger partial charge on any atom is -0.394 e. The second kappa shape index (κ2) is 14.2. The second-order valence-electron chi connectivity index (χ2n) is 7.09. The maximum absolute atomic E-state index is 12.1. The number of aliphatic hydroxyl groups is 5. The minimum atomic E-state index is -1.63. The number of hydroxylamine groups is 2. The fourth-order valence-electron chi connectivity index (χ4n) is 2.45. The minimum absolute atomic E-state index is 0.0206. The van der Waals surface area contributed by atoms with E-state index in [1.165, 1.54) is 5.06 Å². The lowest BCUT2D eigenvalue weighted by Gasteiger charge is -2.25. The standard InChI is InChI=1S/C17H37N3O7/c1-11(2)19-12(17(26)27-20(3)4)7-5-6-8-18-9-13(22)15(24)16(25)14(23)10-21/h11-16,18-19,21-25H,5-10H2,1-4H3. The molecule has 5 unspecified atom stereocenters. The SMILES string of the molecule is CC(C)NC(CCCCNCC(O)C(O)C(O)C(O)CO)C(=O)ON(C)C. The van der Waals surface area contributed by atoms with Crippen molar-refractivity contribution in [2.45, 2.75) is 69.6 Å². The van der Waals surface area contributed by atoms with Crippen LogP contribution >= 0.6 is 0 Å².